The van der Waals surface area contributed by atoms with E-state index in [4.69, 9.17) is 4.74 Å². The second kappa shape index (κ2) is 7.24. The van der Waals surface area contributed by atoms with Crippen molar-refractivity contribution in [3.63, 3.8) is 0 Å². The Morgan fingerprint density at radius 3 is 1.76 bits per heavy atom. The molecule has 1 heteroatoms. The third kappa shape index (κ3) is 5.20. The molecule has 0 saturated carbocycles. The lowest BCUT2D eigenvalue weighted by Gasteiger charge is -2.19. The molecule has 2 rings (SSSR count). The van der Waals surface area contributed by atoms with E-state index in [1.54, 1.807) is 0 Å². The van der Waals surface area contributed by atoms with Crippen LogP contribution in [0.15, 0.2) is 66.7 Å². The van der Waals surface area contributed by atoms with E-state index in [1.165, 1.54) is 16.7 Å². The molecule has 0 bridgehead atoms. The van der Waals surface area contributed by atoms with Crippen LogP contribution in [0.25, 0.3) is 5.57 Å². The molecule has 0 fully saturated rings. The van der Waals surface area contributed by atoms with Gasteiger partial charge in [0.15, 0.2) is 0 Å². The number of hydrogen-bond donors (Lipinski definition) is 0. The summed E-state index contributed by atoms with van der Waals surface area (Å²) in [7, 11) is 0. The molecule has 2 aromatic carbocycles. The molecule has 0 spiro atoms. The SMILES string of the molecule is CC(C)(C)OCCC=C(c1ccccc1)c1ccccc1. The third-order valence-corrected chi connectivity index (χ3v) is 3.17. The highest BCUT2D eigenvalue weighted by atomic mass is 16.5. The number of hydrogen-bond acceptors (Lipinski definition) is 1. The largest absolute Gasteiger partial charge is 0.376 e. The van der Waals surface area contributed by atoms with Crippen molar-refractivity contribution in [1.82, 2.24) is 0 Å². The average Bonchev–Trinajstić information content (AvgIpc) is 2.48. The molecule has 0 atom stereocenters. The lowest BCUT2D eigenvalue weighted by Crippen LogP contribution is -2.19. The van der Waals surface area contributed by atoms with Gasteiger partial charge in [0.1, 0.15) is 0 Å². The summed E-state index contributed by atoms with van der Waals surface area (Å²) in [5.74, 6) is 0. The molecule has 0 aromatic heterocycles. The topological polar surface area (TPSA) is 9.23 Å². The number of benzene rings is 2. The van der Waals surface area contributed by atoms with E-state index < -0.39 is 0 Å². The van der Waals surface area contributed by atoms with Crippen LogP contribution >= 0.6 is 0 Å². The van der Waals surface area contributed by atoms with Crippen LogP contribution < -0.4 is 0 Å². The Bertz CT molecular complexity index is 520. The maximum atomic E-state index is 5.81. The quantitative estimate of drug-likeness (QED) is 0.673. The van der Waals surface area contributed by atoms with Gasteiger partial charge in [-0.1, -0.05) is 66.7 Å². The van der Waals surface area contributed by atoms with Crippen molar-refractivity contribution in [2.75, 3.05) is 6.61 Å². The number of rotatable bonds is 5. The summed E-state index contributed by atoms with van der Waals surface area (Å²) in [5, 5.41) is 0. The standard InChI is InChI=1S/C20H24O/c1-20(2,3)21-16-10-15-19(17-11-6-4-7-12-17)18-13-8-5-9-14-18/h4-9,11-15H,10,16H2,1-3H3. The summed E-state index contributed by atoms with van der Waals surface area (Å²) >= 11 is 0. The number of ether oxygens (including phenoxy) is 1. The first-order valence-corrected chi connectivity index (χ1v) is 7.51. The van der Waals surface area contributed by atoms with Gasteiger partial charge in [-0.3, -0.25) is 0 Å². The average molecular weight is 280 g/mol. The Labute approximate surface area is 128 Å². The van der Waals surface area contributed by atoms with E-state index in [2.05, 4.69) is 87.5 Å². The molecule has 2 aromatic rings. The molecule has 110 valence electrons. The minimum atomic E-state index is -0.0759. The molecular formula is C20H24O. The zero-order valence-corrected chi connectivity index (χ0v) is 13.2. The fourth-order valence-electron chi connectivity index (χ4n) is 2.21. The second-order valence-corrected chi connectivity index (χ2v) is 6.10. The highest BCUT2D eigenvalue weighted by molar-refractivity contribution is 5.79. The normalized spacial score (nSPS) is 11.2. The Morgan fingerprint density at radius 1 is 0.857 bits per heavy atom. The summed E-state index contributed by atoms with van der Waals surface area (Å²) < 4.78 is 5.81. The maximum absolute atomic E-state index is 5.81. The molecule has 0 aliphatic heterocycles. The summed E-state index contributed by atoms with van der Waals surface area (Å²) in [5.41, 5.74) is 3.70. The molecule has 0 heterocycles. The Balaban J connectivity index is 2.17. The lowest BCUT2D eigenvalue weighted by molar-refractivity contribution is -0.0000722. The first-order valence-electron chi connectivity index (χ1n) is 7.51. The van der Waals surface area contributed by atoms with Crippen LogP contribution in [0.5, 0.6) is 0 Å². The van der Waals surface area contributed by atoms with Gasteiger partial charge in [-0.25, -0.2) is 0 Å². The highest BCUT2D eigenvalue weighted by Gasteiger charge is 2.09. The second-order valence-electron chi connectivity index (χ2n) is 6.10. The summed E-state index contributed by atoms with van der Waals surface area (Å²) in [6.07, 6.45) is 3.19. The van der Waals surface area contributed by atoms with Gasteiger partial charge < -0.3 is 4.74 Å². The summed E-state index contributed by atoms with van der Waals surface area (Å²) in [6, 6.07) is 21.1. The molecular weight excluding hydrogens is 256 g/mol. The fourth-order valence-corrected chi connectivity index (χ4v) is 2.21. The van der Waals surface area contributed by atoms with Gasteiger partial charge >= 0.3 is 0 Å². The molecule has 0 saturated heterocycles. The Hall–Kier alpha value is -1.86. The lowest BCUT2D eigenvalue weighted by atomic mass is 9.97. The smallest absolute Gasteiger partial charge is 0.0598 e. The van der Waals surface area contributed by atoms with Crippen LogP contribution in [-0.2, 0) is 4.74 Å². The van der Waals surface area contributed by atoms with Crippen molar-refractivity contribution in [2.24, 2.45) is 0 Å². The van der Waals surface area contributed by atoms with Crippen LogP contribution in [0.3, 0.4) is 0 Å². The molecule has 21 heavy (non-hydrogen) atoms. The van der Waals surface area contributed by atoms with E-state index in [0.717, 1.165) is 13.0 Å². The van der Waals surface area contributed by atoms with Crippen molar-refractivity contribution >= 4 is 5.57 Å². The molecule has 0 N–H and O–H groups in total. The van der Waals surface area contributed by atoms with Crippen molar-refractivity contribution in [3.05, 3.63) is 77.9 Å². The Kier molecular flexibility index (Phi) is 5.35. The minimum Gasteiger partial charge on any atom is -0.376 e. The van der Waals surface area contributed by atoms with Crippen LogP contribution in [-0.4, -0.2) is 12.2 Å². The molecule has 1 nitrogen and oxygen atoms in total. The van der Waals surface area contributed by atoms with E-state index in [-0.39, 0.29) is 5.60 Å². The van der Waals surface area contributed by atoms with E-state index in [0.29, 0.717) is 0 Å². The van der Waals surface area contributed by atoms with Crippen LogP contribution in [0.4, 0.5) is 0 Å². The van der Waals surface area contributed by atoms with Gasteiger partial charge in [-0.15, -0.1) is 0 Å². The molecule has 0 aliphatic rings. The van der Waals surface area contributed by atoms with Crippen molar-refractivity contribution < 1.29 is 4.74 Å². The van der Waals surface area contributed by atoms with Gasteiger partial charge in [-0.05, 0) is 43.9 Å². The zero-order chi connectivity index (χ0) is 15.1. The van der Waals surface area contributed by atoms with Crippen LogP contribution in [0.1, 0.15) is 38.3 Å². The van der Waals surface area contributed by atoms with Crippen LogP contribution in [0, 0.1) is 0 Å². The van der Waals surface area contributed by atoms with E-state index in [1.807, 2.05) is 0 Å². The van der Waals surface area contributed by atoms with Crippen molar-refractivity contribution in [1.29, 1.82) is 0 Å². The summed E-state index contributed by atoms with van der Waals surface area (Å²) in [6.45, 7) is 7.01. The zero-order valence-electron chi connectivity index (χ0n) is 13.2. The predicted molar refractivity (Wildman–Crippen MR) is 90.3 cm³/mol. The van der Waals surface area contributed by atoms with Gasteiger partial charge in [0.2, 0.25) is 0 Å². The highest BCUT2D eigenvalue weighted by Crippen LogP contribution is 2.23. The first-order chi connectivity index (χ1) is 10.1. The third-order valence-electron chi connectivity index (χ3n) is 3.17. The van der Waals surface area contributed by atoms with Gasteiger partial charge in [0, 0.05) is 0 Å². The van der Waals surface area contributed by atoms with Crippen molar-refractivity contribution in [3.8, 4) is 0 Å². The van der Waals surface area contributed by atoms with E-state index in [9.17, 15) is 0 Å². The minimum absolute atomic E-state index is 0.0759. The van der Waals surface area contributed by atoms with Gasteiger partial charge in [-0.2, -0.15) is 0 Å². The van der Waals surface area contributed by atoms with Gasteiger partial charge in [0.05, 0.1) is 12.2 Å². The van der Waals surface area contributed by atoms with E-state index >= 15 is 0 Å². The fraction of sp³-hybridized carbons (Fsp3) is 0.300. The molecule has 0 amide bonds. The monoisotopic (exact) mass is 280 g/mol. The van der Waals surface area contributed by atoms with Crippen molar-refractivity contribution in [2.45, 2.75) is 32.8 Å². The predicted octanol–water partition coefficient (Wildman–Crippen LogP) is 5.32. The molecule has 0 unspecified atom stereocenters. The summed E-state index contributed by atoms with van der Waals surface area (Å²) in [4.78, 5) is 0. The molecule has 0 aliphatic carbocycles. The van der Waals surface area contributed by atoms with Gasteiger partial charge in [0.25, 0.3) is 0 Å². The Morgan fingerprint density at radius 2 is 1.33 bits per heavy atom. The molecule has 0 radical (unpaired) electrons. The van der Waals surface area contributed by atoms with Crippen LogP contribution in [0.2, 0.25) is 0 Å². The maximum Gasteiger partial charge on any atom is 0.0598 e. The first kappa shape index (κ1) is 15.5.